The van der Waals surface area contributed by atoms with E-state index in [2.05, 4.69) is 10.3 Å². The molecule has 0 radical (unpaired) electrons. The standard InChI is InChI=1S/C17H16N2O4S/c1-21-8-9-22-13-5-2-4-12(10-13)14-11-24-17(18-14)19-16(20)15-6-3-7-23-15/h2-7,10-11H,8-9H2,1H3,(H,18,19,20). The Morgan fingerprint density at radius 3 is 3.00 bits per heavy atom. The highest BCUT2D eigenvalue weighted by Crippen LogP contribution is 2.27. The van der Waals surface area contributed by atoms with Crippen molar-refractivity contribution in [2.24, 2.45) is 0 Å². The lowest BCUT2D eigenvalue weighted by Crippen LogP contribution is -2.10. The van der Waals surface area contributed by atoms with Crippen LogP contribution in [0, 0.1) is 0 Å². The molecule has 2 aromatic heterocycles. The molecule has 0 saturated carbocycles. The molecule has 1 N–H and O–H groups in total. The van der Waals surface area contributed by atoms with Gasteiger partial charge in [-0.15, -0.1) is 11.3 Å². The predicted molar refractivity (Wildman–Crippen MR) is 91.6 cm³/mol. The molecule has 7 heteroatoms. The summed E-state index contributed by atoms with van der Waals surface area (Å²) in [4.78, 5) is 16.4. The highest BCUT2D eigenvalue weighted by Gasteiger charge is 2.12. The Morgan fingerprint density at radius 2 is 2.21 bits per heavy atom. The first kappa shape index (κ1) is 16.2. The topological polar surface area (TPSA) is 73.6 Å². The van der Waals surface area contributed by atoms with E-state index in [-0.39, 0.29) is 11.7 Å². The number of hydrogen-bond acceptors (Lipinski definition) is 6. The van der Waals surface area contributed by atoms with E-state index >= 15 is 0 Å². The Bertz CT molecular complexity index is 799. The van der Waals surface area contributed by atoms with Gasteiger partial charge in [-0.25, -0.2) is 4.98 Å². The minimum absolute atomic E-state index is 0.250. The van der Waals surface area contributed by atoms with Gasteiger partial charge in [0.15, 0.2) is 10.9 Å². The van der Waals surface area contributed by atoms with E-state index < -0.39 is 0 Å². The van der Waals surface area contributed by atoms with E-state index in [4.69, 9.17) is 13.9 Å². The zero-order chi connectivity index (χ0) is 16.8. The van der Waals surface area contributed by atoms with Crippen LogP contribution in [-0.2, 0) is 4.74 Å². The molecule has 124 valence electrons. The van der Waals surface area contributed by atoms with E-state index in [9.17, 15) is 4.79 Å². The summed E-state index contributed by atoms with van der Waals surface area (Å²) in [6.45, 7) is 1.02. The van der Waals surface area contributed by atoms with Gasteiger partial charge in [-0.05, 0) is 24.3 Å². The number of methoxy groups -OCH3 is 1. The average molecular weight is 344 g/mol. The van der Waals surface area contributed by atoms with E-state index in [1.165, 1.54) is 17.6 Å². The lowest BCUT2D eigenvalue weighted by molar-refractivity contribution is 0.0996. The Labute approximate surface area is 143 Å². The fourth-order valence-electron chi connectivity index (χ4n) is 2.02. The van der Waals surface area contributed by atoms with Gasteiger partial charge in [0, 0.05) is 18.1 Å². The molecule has 0 aliphatic rings. The van der Waals surface area contributed by atoms with Gasteiger partial charge in [0.25, 0.3) is 5.91 Å². The highest BCUT2D eigenvalue weighted by molar-refractivity contribution is 7.14. The van der Waals surface area contributed by atoms with Crippen molar-refractivity contribution in [2.75, 3.05) is 25.6 Å². The summed E-state index contributed by atoms with van der Waals surface area (Å²) in [5.74, 6) is 0.677. The van der Waals surface area contributed by atoms with Crippen molar-refractivity contribution in [2.45, 2.75) is 0 Å². The minimum Gasteiger partial charge on any atom is -0.491 e. The zero-order valence-electron chi connectivity index (χ0n) is 13.0. The number of nitrogens with one attached hydrogen (secondary N) is 1. The number of aromatic nitrogens is 1. The summed E-state index contributed by atoms with van der Waals surface area (Å²) in [7, 11) is 1.63. The molecule has 0 aliphatic carbocycles. The van der Waals surface area contributed by atoms with Gasteiger partial charge in [-0.2, -0.15) is 0 Å². The van der Waals surface area contributed by atoms with Gasteiger partial charge in [0.1, 0.15) is 12.4 Å². The van der Waals surface area contributed by atoms with Crippen LogP contribution in [0.2, 0.25) is 0 Å². The lowest BCUT2D eigenvalue weighted by Gasteiger charge is -2.06. The fourth-order valence-corrected chi connectivity index (χ4v) is 2.73. The maximum atomic E-state index is 12.0. The molecule has 1 aromatic carbocycles. The van der Waals surface area contributed by atoms with Gasteiger partial charge >= 0.3 is 0 Å². The molecule has 0 spiro atoms. The van der Waals surface area contributed by atoms with E-state index in [1.54, 1.807) is 19.2 Å². The first-order valence-corrected chi connectivity index (χ1v) is 8.17. The van der Waals surface area contributed by atoms with Gasteiger partial charge in [-0.1, -0.05) is 12.1 Å². The average Bonchev–Trinajstić information content (AvgIpc) is 3.27. The van der Waals surface area contributed by atoms with Crippen LogP contribution in [0.4, 0.5) is 5.13 Å². The third-order valence-electron chi connectivity index (χ3n) is 3.16. The van der Waals surface area contributed by atoms with Crippen LogP contribution < -0.4 is 10.1 Å². The molecule has 0 fully saturated rings. The number of furan rings is 1. The third kappa shape index (κ3) is 4.01. The van der Waals surface area contributed by atoms with Crippen LogP contribution in [0.1, 0.15) is 10.6 Å². The molecule has 2 heterocycles. The summed E-state index contributed by atoms with van der Waals surface area (Å²) in [6, 6.07) is 10.9. The first-order chi connectivity index (χ1) is 11.8. The normalized spacial score (nSPS) is 10.5. The molecule has 0 unspecified atom stereocenters. The van der Waals surface area contributed by atoms with Crippen molar-refractivity contribution in [1.82, 2.24) is 4.98 Å². The number of anilines is 1. The van der Waals surface area contributed by atoms with Gasteiger partial charge in [-0.3, -0.25) is 10.1 Å². The number of benzene rings is 1. The number of rotatable bonds is 7. The van der Waals surface area contributed by atoms with E-state index in [0.29, 0.717) is 18.3 Å². The number of carbonyl (C=O) groups is 1. The SMILES string of the molecule is COCCOc1cccc(-c2csc(NC(=O)c3ccco3)n2)c1. The fraction of sp³-hybridized carbons (Fsp3) is 0.176. The number of amides is 1. The van der Waals surface area contributed by atoms with Gasteiger partial charge in [0.05, 0.1) is 18.6 Å². The van der Waals surface area contributed by atoms with Crippen molar-refractivity contribution in [3.63, 3.8) is 0 Å². The second-order valence-corrected chi connectivity index (χ2v) is 5.70. The number of ether oxygens (including phenoxy) is 2. The summed E-state index contributed by atoms with van der Waals surface area (Å²) in [5.41, 5.74) is 1.69. The van der Waals surface area contributed by atoms with Crippen LogP contribution in [0.25, 0.3) is 11.3 Å². The maximum Gasteiger partial charge on any atom is 0.293 e. The van der Waals surface area contributed by atoms with Gasteiger partial charge < -0.3 is 13.9 Å². The number of thiazole rings is 1. The van der Waals surface area contributed by atoms with Crippen LogP contribution in [0.3, 0.4) is 0 Å². The van der Waals surface area contributed by atoms with Crippen molar-refractivity contribution >= 4 is 22.4 Å². The number of nitrogens with zero attached hydrogens (tertiary/aromatic N) is 1. The molecule has 3 aromatic rings. The summed E-state index contributed by atoms with van der Waals surface area (Å²) in [6.07, 6.45) is 1.46. The second kappa shape index (κ2) is 7.76. The number of hydrogen-bond donors (Lipinski definition) is 1. The Kier molecular flexibility index (Phi) is 5.25. The molecule has 6 nitrogen and oxygen atoms in total. The van der Waals surface area contributed by atoms with Crippen molar-refractivity contribution in [3.05, 3.63) is 53.8 Å². The molecule has 0 atom stereocenters. The Balaban J connectivity index is 1.69. The number of carbonyl (C=O) groups excluding carboxylic acids is 1. The van der Waals surface area contributed by atoms with E-state index in [1.807, 2.05) is 29.6 Å². The first-order valence-electron chi connectivity index (χ1n) is 7.29. The molecule has 24 heavy (non-hydrogen) atoms. The quantitative estimate of drug-likeness (QED) is 0.662. The van der Waals surface area contributed by atoms with Crippen LogP contribution in [-0.4, -0.2) is 31.2 Å². The molecular formula is C17H16N2O4S. The minimum atomic E-state index is -0.322. The van der Waals surface area contributed by atoms with Crippen LogP contribution in [0.15, 0.2) is 52.5 Å². The molecule has 0 bridgehead atoms. The molecule has 1 amide bonds. The second-order valence-electron chi connectivity index (χ2n) is 4.84. The maximum absolute atomic E-state index is 12.0. The highest BCUT2D eigenvalue weighted by atomic mass is 32.1. The van der Waals surface area contributed by atoms with Crippen molar-refractivity contribution in [3.8, 4) is 17.0 Å². The largest absolute Gasteiger partial charge is 0.491 e. The predicted octanol–water partition coefficient (Wildman–Crippen LogP) is 3.68. The summed E-state index contributed by atoms with van der Waals surface area (Å²) >= 11 is 1.35. The zero-order valence-corrected chi connectivity index (χ0v) is 13.8. The Morgan fingerprint density at radius 1 is 1.29 bits per heavy atom. The van der Waals surface area contributed by atoms with Crippen LogP contribution >= 0.6 is 11.3 Å². The monoisotopic (exact) mass is 344 g/mol. The molecule has 3 rings (SSSR count). The van der Waals surface area contributed by atoms with E-state index in [0.717, 1.165) is 17.0 Å². The Hall–Kier alpha value is -2.64. The van der Waals surface area contributed by atoms with Crippen LogP contribution in [0.5, 0.6) is 5.75 Å². The summed E-state index contributed by atoms with van der Waals surface area (Å²) in [5, 5.41) is 5.11. The lowest BCUT2D eigenvalue weighted by atomic mass is 10.2. The molecular weight excluding hydrogens is 328 g/mol. The third-order valence-corrected chi connectivity index (χ3v) is 3.91. The summed E-state index contributed by atoms with van der Waals surface area (Å²) < 4.78 is 15.6. The molecule has 0 aliphatic heterocycles. The van der Waals surface area contributed by atoms with Crippen molar-refractivity contribution < 1.29 is 18.7 Å². The van der Waals surface area contributed by atoms with Gasteiger partial charge in [0.2, 0.25) is 0 Å². The van der Waals surface area contributed by atoms with Crippen molar-refractivity contribution in [1.29, 1.82) is 0 Å². The molecule has 0 saturated heterocycles. The smallest absolute Gasteiger partial charge is 0.293 e.